The highest BCUT2D eigenvalue weighted by Gasteiger charge is 2.18. The van der Waals surface area contributed by atoms with Gasteiger partial charge in [-0.2, -0.15) is 0 Å². The number of halogens is 2. The molecule has 0 fully saturated rings. The van der Waals surface area contributed by atoms with Crippen molar-refractivity contribution in [2.75, 3.05) is 26.2 Å². The molecule has 1 aromatic carbocycles. The van der Waals surface area contributed by atoms with Crippen LogP contribution in [-0.4, -0.2) is 44.6 Å². The molecule has 0 saturated carbocycles. The predicted molar refractivity (Wildman–Crippen MR) is 80.3 cm³/mol. The van der Waals surface area contributed by atoms with Crippen molar-refractivity contribution in [3.8, 4) is 0 Å². The van der Waals surface area contributed by atoms with Crippen molar-refractivity contribution in [1.29, 1.82) is 0 Å². The Morgan fingerprint density at radius 2 is 1.95 bits per heavy atom. The van der Waals surface area contributed by atoms with E-state index < -0.39 is 22.4 Å². The van der Waals surface area contributed by atoms with Crippen LogP contribution in [0, 0.1) is 5.82 Å². The summed E-state index contributed by atoms with van der Waals surface area (Å²) in [5, 5.41) is 8.81. The third kappa shape index (κ3) is 4.89. The van der Waals surface area contributed by atoms with Gasteiger partial charge in [-0.15, -0.1) is 0 Å². The van der Waals surface area contributed by atoms with E-state index in [1.807, 2.05) is 13.8 Å². The summed E-state index contributed by atoms with van der Waals surface area (Å²) >= 11 is 5.64. The fourth-order valence-electron chi connectivity index (χ4n) is 1.85. The van der Waals surface area contributed by atoms with Gasteiger partial charge < -0.3 is 10.0 Å². The normalized spacial score (nSPS) is 12.1. The number of sulfonamides is 1. The van der Waals surface area contributed by atoms with Crippen LogP contribution in [0.4, 0.5) is 4.39 Å². The van der Waals surface area contributed by atoms with Crippen LogP contribution < -0.4 is 4.72 Å². The SMILES string of the molecule is CCN(CC)CCNS(=O)(=O)c1cc(F)c(Cl)c(CO)c1. The molecule has 0 aliphatic carbocycles. The van der Waals surface area contributed by atoms with Crippen molar-refractivity contribution in [2.45, 2.75) is 25.3 Å². The number of benzene rings is 1. The summed E-state index contributed by atoms with van der Waals surface area (Å²) in [6.07, 6.45) is 0. The minimum atomic E-state index is -3.83. The Kier molecular flexibility index (Phi) is 7.02. The van der Waals surface area contributed by atoms with Crippen LogP contribution in [0.5, 0.6) is 0 Å². The highest BCUT2D eigenvalue weighted by atomic mass is 35.5. The minimum absolute atomic E-state index is 0.0424. The van der Waals surface area contributed by atoms with Gasteiger partial charge in [-0.3, -0.25) is 0 Å². The lowest BCUT2D eigenvalue weighted by Gasteiger charge is -2.18. The van der Waals surface area contributed by atoms with Crippen LogP contribution in [0.15, 0.2) is 17.0 Å². The van der Waals surface area contributed by atoms with Crippen LogP contribution in [0.25, 0.3) is 0 Å². The van der Waals surface area contributed by atoms with E-state index in [2.05, 4.69) is 9.62 Å². The zero-order chi connectivity index (χ0) is 16.0. The molecule has 2 N–H and O–H groups in total. The molecule has 120 valence electrons. The summed E-state index contributed by atoms with van der Waals surface area (Å²) in [6, 6.07) is 2.02. The summed E-state index contributed by atoms with van der Waals surface area (Å²) in [7, 11) is -3.83. The summed E-state index contributed by atoms with van der Waals surface area (Å²) in [4.78, 5) is 1.82. The number of aliphatic hydroxyl groups excluding tert-OH is 1. The zero-order valence-electron chi connectivity index (χ0n) is 12.1. The Hall–Kier alpha value is -0.730. The Labute approximate surface area is 129 Å². The standard InChI is InChI=1S/C13H20ClFN2O3S/c1-3-17(4-2)6-5-16-21(19,20)11-7-10(9-18)13(14)12(15)8-11/h7-8,16,18H,3-6,9H2,1-2H3. The van der Waals surface area contributed by atoms with Crippen molar-refractivity contribution in [1.82, 2.24) is 9.62 Å². The van der Waals surface area contributed by atoms with Crippen molar-refractivity contribution < 1.29 is 17.9 Å². The van der Waals surface area contributed by atoms with Crippen molar-refractivity contribution >= 4 is 21.6 Å². The van der Waals surface area contributed by atoms with Crippen LogP contribution >= 0.6 is 11.6 Å². The average Bonchev–Trinajstić information content (AvgIpc) is 2.46. The third-order valence-electron chi connectivity index (χ3n) is 3.17. The fourth-order valence-corrected chi connectivity index (χ4v) is 3.10. The molecule has 1 rings (SSSR count). The summed E-state index contributed by atoms with van der Waals surface area (Å²) in [5.74, 6) is -0.868. The summed E-state index contributed by atoms with van der Waals surface area (Å²) in [5.41, 5.74) is 0.0424. The highest BCUT2D eigenvalue weighted by Crippen LogP contribution is 2.24. The zero-order valence-corrected chi connectivity index (χ0v) is 13.6. The van der Waals surface area contributed by atoms with E-state index in [-0.39, 0.29) is 22.0 Å². The van der Waals surface area contributed by atoms with Gasteiger partial charge in [0.2, 0.25) is 10.0 Å². The molecule has 0 amide bonds. The molecular weight excluding hydrogens is 319 g/mol. The van der Waals surface area contributed by atoms with Crippen molar-refractivity contribution in [3.63, 3.8) is 0 Å². The van der Waals surface area contributed by atoms with E-state index >= 15 is 0 Å². The van der Waals surface area contributed by atoms with E-state index in [1.165, 1.54) is 6.07 Å². The maximum absolute atomic E-state index is 13.6. The second-order valence-electron chi connectivity index (χ2n) is 4.46. The first-order chi connectivity index (χ1) is 9.85. The average molecular weight is 339 g/mol. The maximum Gasteiger partial charge on any atom is 0.240 e. The minimum Gasteiger partial charge on any atom is -0.392 e. The number of hydrogen-bond acceptors (Lipinski definition) is 4. The van der Waals surface area contributed by atoms with Gasteiger partial charge in [-0.25, -0.2) is 17.5 Å². The highest BCUT2D eigenvalue weighted by molar-refractivity contribution is 7.89. The number of nitrogens with one attached hydrogen (secondary N) is 1. The van der Waals surface area contributed by atoms with Crippen LogP contribution in [-0.2, 0) is 16.6 Å². The van der Waals surface area contributed by atoms with E-state index in [0.717, 1.165) is 19.2 Å². The van der Waals surface area contributed by atoms with Crippen LogP contribution in [0.3, 0.4) is 0 Å². The first-order valence-corrected chi connectivity index (χ1v) is 8.52. The lowest BCUT2D eigenvalue weighted by Crippen LogP contribution is -2.34. The molecule has 21 heavy (non-hydrogen) atoms. The lowest BCUT2D eigenvalue weighted by atomic mass is 10.2. The Morgan fingerprint density at radius 1 is 1.33 bits per heavy atom. The smallest absolute Gasteiger partial charge is 0.240 e. The van der Waals surface area contributed by atoms with E-state index in [4.69, 9.17) is 16.7 Å². The monoisotopic (exact) mass is 338 g/mol. The molecule has 5 nitrogen and oxygen atoms in total. The Balaban J connectivity index is 2.86. The summed E-state index contributed by atoms with van der Waals surface area (Å²) in [6.45, 7) is 5.88. The van der Waals surface area contributed by atoms with Gasteiger partial charge in [0.05, 0.1) is 16.5 Å². The molecule has 0 spiro atoms. The Morgan fingerprint density at radius 3 is 2.48 bits per heavy atom. The topological polar surface area (TPSA) is 69.6 Å². The van der Waals surface area contributed by atoms with Gasteiger partial charge in [0.1, 0.15) is 5.82 Å². The molecular formula is C13H20ClFN2O3S. The molecule has 8 heteroatoms. The lowest BCUT2D eigenvalue weighted by molar-refractivity contribution is 0.281. The number of likely N-dealkylation sites (N-methyl/N-ethyl adjacent to an activating group) is 1. The molecule has 1 aromatic rings. The largest absolute Gasteiger partial charge is 0.392 e. The first-order valence-electron chi connectivity index (χ1n) is 6.66. The molecule has 0 aromatic heterocycles. The molecule has 0 saturated heterocycles. The van der Waals surface area contributed by atoms with Gasteiger partial charge in [0, 0.05) is 18.7 Å². The van der Waals surface area contributed by atoms with Crippen LogP contribution in [0.1, 0.15) is 19.4 Å². The molecule has 0 radical (unpaired) electrons. The maximum atomic E-state index is 13.6. The Bertz CT molecular complexity index is 577. The van der Waals surface area contributed by atoms with Crippen molar-refractivity contribution in [2.24, 2.45) is 0 Å². The quantitative estimate of drug-likeness (QED) is 0.755. The number of rotatable bonds is 8. The molecule has 0 aliphatic rings. The number of aliphatic hydroxyl groups is 1. The number of nitrogens with zero attached hydrogens (tertiary/aromatic N) is 1. The molecule has 0 atom stereocenters. The van der Waals surface area contributed by atoms with E-state index in [0.29, 0.717) is 6.54 Å². The molecule has 0 bridgehead atoms. The van der Waals surface area contributed by atoms with Gasteiger partial charge >= 0.3 is 0 Å². The second kappa shape index (κ2) is 8.05. The van der Waals surface area contributed by atoms with E-state index in [1.54, 1.807) is 0 Å². The fraction of sp³-hybridized carbons (Fsp3) is 0.538. The first kappa shape index (κ1) is 18.3. The van der Waals surface area contributed by atoms with Gasteiger partial charge in [0.15, 0.2) is 0 Å². The molecule has 0 unspecified atom stereocenters. The molecule has 0 heterocycles. The second-order valence-corrected chi connectivity index (χ2v) is 6.61. The van der Waals surface area contributed by atoms with Crippen LogP contribution in [0.2, 0.25) is 5.02 Å². The predicted octanol–water partition coefficient (Wildman–Crippen LogP) is 1.59. The van der Waals surface area contributed by atoms with Crippen molar-refractivity contribution in [3.05, 3.63) is 28.5 Å². The summed E-state index contributed by atoms with van der Waals surface area (Å²) < 4.78 is 40.2. The number of hydrogen-bond donors (Lipinski definition) is 2. The van der Waals surface area contributed by atoms with Gasteiger partial charge in [-0.05, 0) is 25.2 Å². The molecule has 0 aliphatic heterocycles. The van der Waals surface area contributed by atoms with Gasteiger partial charge in [0.25, 0.3) is 0 Å². The van der Waals surface area contributed by atoms with E-state index in [9.17, 15) is 12.8 Å². The van der Waals surface area contributed by atoms with Gasteiger partial charge in [-0.1, -0.05) is 25.4 Å². The third-order valence-corrected chi connectivity index (χ3v) is 5.04.